The Morgan fingerprint density at radius 1 is 1.29 bits per heavy atom. The van der Waals surface area contributed by atoms with Gasteiger partial charge in [-0.3, -0.25) is 9.69 Å². The Labute approximate surface area is 144 Å². The Morgan fingerprint density at radius 3 is 2.75 bits per heavy atom. The highest BCUT2D eigenvalue weighted by molar-refractivity contribution is 5.95. The number of hydrogen-bond donors (Lipinski definition) is 0. The van der Waals surface area contributed by atoms with Crippen LogP contribution in [0.15, 0.2) is 24.3 Å². The van der Waals surface area contributed by atoms with Crippen molar-refractivity contribution in [2.45, 2.75) is 33.0 Å². The van der Waals surface area contributed by atoms with E-state index >= 15 is 0 Å². The normalized spacial score (nSPS) is 22.7. The van der Waals surface area contributed by atoms with Gasteiger partial charge in [0.15, 0.2) is 6.29 Å². The number of amides is 1. The van der Waals surface area contributed by atoms with Crippen molar-refractivity contribution in [1.29, 1.82) is 0 Å². The number of anilines is 1. The Morgan fingerprint density at radius 2 is 2.04 bits per heavy atom. The minimum atomic E-state index is -0.0819. The molecule has 5 heteroatoms. The zero-order valence-electron chi connectivity index (χ0n) is 14.7. The van der Waals surface area contributed by atoms with Gasteiger partial charge in [-0.25, -0.2) is 0 Å². The van der Waals surface area contributed by atoms with Gasteiger partial charge in [0.05, 0.1) is 19.8 Å². The van der Waals surface area contributed by atoms with E-state index in [1.807, 2.05) is 30.0 Å². The largest absolute Gasteiger partial charge is 0.350 e. The number of benzene rings is 1. The van der Waals surface area contributed by atoms with E-state index < -0.39 is 0 Å². The number of carbonyl (C=O) groups is 1. The summed E-state index contributed by atoms with van der Waals surface area (Å²) in [6, 6.07) is 8.07. The van der Waals surface area contributed by atoms with Gasteiger partial charge in [-0.1, -0.05) is 18.2 Å². The summed E-state index contributed by atoms with van der Waals surface area (Å²) in [5.41, 5.74) is 2.15. The van der Waals surface area contributed by atoms with Crippen molar-refractivity contribution in [2.75, 3.05) is 44.3 Å². The molecule has 2 fully saturated rings. The molecule has 2 heterocycles. The summed E-state index contributed by atoms with van der Waals surface area (Å²) in [6.07, 6.45) is 2.13. The van der Waals surface area contributed by atoms with E-state index in [-0.39, 0.29) is 12.2 Å². The summed E-state index contributed by atoms with van der Waals surface area (Å²) in [7, 11) is 0. The molecule has 5 nitrogen and oxygen atoms in total. The van der Waals surface area contributed by atoms with Crippen LogP contribution in [0.2, 0.25) is 0 Å². The van der Waals surface area contributed by atoms with Gasteiger partial charge in [-0.2, -0.15) is 0 Å². The molecule has 0 saturated carbocycles. The predicted molar refractivity (Wildman–Crippen MR) is 94.1 cm³/mol. The fraction of sp³-hybridized carbons (Fsp3) is 0.632. The summed E-state index contributed by atoms with van der Waals surface area (Å²) in [4.78, 5) is 17.0. The predicted octanol–water partition coefficient (Wildman–Crippen LogP) is 2.43. The highest BCUT2D eigenvalue weighted by atomic mass is 16.7. The van der Waals surface area contributed by atoms with Crippen LogP contribution in [0.3, 0.4) is 0 Å². The van der Waals surface area contributed by atoms with Crippen LogP contribution in [-0.2, 0) is 14.3 Å². The average Bonchev–Trinajstić information content (AvgIpc) is 3.12. The summed E-state index contributed by atoms with van der Waals surface area (Å²) >= 11 is 0. The van der Waals surface area contributed by atoms with E-state index in [4.69, 9.17) is 9.47 Å². The Bertz CT molecular complexity index is 557. The monoisotopic (exact) mass is 332 g/mol. The van der Waals surface area contributed by atoms with Gasteiger partial charge in [-0.15, -0.1) is 0 Å². The maximum atomic E-state index is 12.8. The second kappa shape index (κ2) is 8.10. The summed E-state index contributed by atoms with van der Waals surface area (Å²) in [5, 5.41) is 0. The van der Waals surface area contributed by atoms with Crippen LogP contribution >= 0.6 is 0 Å². The maximum Gasteiger partial charge on any atom is 0.241 e. The Balaban J connectivity index is 1.61. The van der Waals surface area contributed by atoms with Gasteiger partial charge in [0, 0.05) is 24.7 Å². The third-order valence-electron chi connectivity index (χ3n) is 4.96. The SMILES string of the molecule is CCN(C(=O)CN1CCCC(C2OCCO2)C1)c1ccccc1C. The fourth-order valence-electron chi connectivity index (χ4n) is 3.73. The number of nitrogens with zero attached hydrogens (tertiary/aromatic N) is 2. The molecule has 2 aliphatic rings. The number of aryl methyl sites for hydroxylation is 1. The standard InChI is InChI=1S/C19H28N2O3/c1-3-21(17-9-5-4-7-15(17)2)18(22)14-20-10-6-8-16(13-20)19-23-11-12-24-19/h4-5,7,9,16,19H,3,6,8,10-14H2,1-2H3. The molecule has 3 rings (SSSR count). The van der Waals surface area contributed by atoms with Gasteiger partial charge < -0.3 is 14.4 Å². The number of rotatable bonds is 5. The molecule has 0 aliphatic carbocycles. The molecule has 132 valence electrons. The molecule has 0 N–H and O–H groups in total. The van der Waals surface area contributed by atoms with Crippen molar-refractivity contribution in [1.82, 2.24) is 4.90 Å². The first-order valence-electron chi connectivity index (χ1n) is 9.00. The van der Waals surface area contributed by atoms with Crippen molar-refractivity contribution in [3.05, 3.63) is 29.8 Å². The van der Waals surface area contributed by atoms with E-state index in [1.165, 1.54) is 0 Å². The number of carbonyl (C=O) groups excluding carboxylic acids is 1. The summed E-state index contributed by atoms with van der Waals surface area (Å²) in [5.74, 6) is 0.545. The summed E-state index contributed by atoms with van der Waals surface area (Å²) < 4.78 is 11.3. The van der Waals surface area contributed by atoms with Gasteiger partial charge in [0.25, 0.3) is 0 Å². The number of para-hydroxylation sites is 1. The molecular formula is C19H28N2O3. The lowest BCUT2D eigenvalue weighted by Gasteiger charge is -2.35. The zero-order valence-corrected chi connectivity index (χ0v) is 14.7. The van der Waals surface area contributed by atoms with E-state index in [2.05, 4.69) is 17.9 Å². The molecule has 1 unspecified atom stereocenters. The van der Waals surface area contributed by atoms with Crippen molar-refractivity contribution in [3.63, 3.8) is 0 Å². The van der Waals surface area contributed by atoms with Crippen LogP contribution in [0, 0.1) is 12.8 Å². The highest BCUT2D eigenvalue weighted by Gasteiger charge is 2.32. The van der Waals surface area contributed by atoms with E-state index in [0.717, 1.165) is 37.2 Å². The second-order valence-electron chi connectivity index (χ2n) is 6.67. The second-order valence-corrected chi connectivity index (χ2v) is 6.67. The molecule has 0 bridgehead atoms. The molecule has 1 atom stereocenters. The molecule has 1 aromatic rings. The smallest absolute Gasteiger partial charge is 0.241 e. The van der Waals surface area contributed by atoms with Crippen molar-refractivity contribution < 1.29 is 14.3 Å². The quantitative estimate of drug-likeness (QED) is 0.830. The van der Waals surface area contributed by atoms with E-state index in [0.29, 0.717) is 32.2 Å². The van der Waals surface area contributed by atoms with Gasteiger partial charge in [0.1, 0.15) is 0 Å². The third kappa shape index (κ3) is 3.97. The van der Waals surface area contributed by atoms with Crippen LogP contribution in [0.5, 0.6) is 0 Å². The number of hydrogen-bond acceptors (Lipinski definition) is 4. The number of ether oxygens (including phenoxy) is 2. The van der Waals surface area contributed by atoms with Crippen molar-refractivity contribution >= 4 is 11.6 Å². The Kier molecular flexibility index (Phi) is 5.87. The van der Waals surface area contributed by atoms with Crippen LogP contribution in [0.25, 0.3) is 0 Å². The van der Waals surface area contributed by atoms with Gasteiger partial charge >= 0.3 is 0 Å². The topological polar surface area (TPSA) is 42.0 Å². The fourth-order valence-corrected chi connectivity index (χ4v) is 3.73. The average molecular weight is 332 g/mol. The first-order chi connectivity index (χ1) is 11.7. The molecule has 0 spiro atoms. The first-order valence-corrected chi connectivity index (χ1v) is 9.00. The van der Waals surface area contributed by atoms with Crippen molar-refractivity contribution in [3.8, 4) is 0 Å². The minimum Gasteiger partial charge on any atom is -0.350 e. The maximum absolute atomic E-state index is 12.8. The lowest BCUT2D eigenvalue weighted by Crippen LogP contribution is -2.46. The van der Waals surface area contributed by atoms with Crippen LogP contribution in [-0.4, -0.2) is 56.5 Å². The van der Waals surface area contributed by atoms with Crippen LogP contribution in [0.4, 0.5) is 5.69 Å². The van der Waals surface area contributed by atoms with E-state index in [9.17, 15) is 4.79 Å². The lowest BCUT2D eigenvalue weighted by molar-refractivity contribution is -0.123. The van der Waals surface area contributed by atoms with Crippen LogP contribution in [0.1, 0.15) is 25.3 Å². The molecular weight excluding hydrogens is 304 g/mol. The van der Waals surface area contributed by atoms with Gasteiger partial charge in [-0.05, 0) is 44.9 Å². The van der Waals surface area contributed by atoms with Crippen LogP contribution < -0.4 is 4.90 Å². The number of likely N-dealkylation sites (tertiary alicyclic amines) is 1. The van der Waals surface area contributed by atoms with E-state index in [1.54, 1.807) is 0 Å². The number of piperidine rings is 1. The molecule has 2 aliphatic heterocycles. The molecule has 2 saturated heterocycles. The molecule has 0 radical (unpaired) electrons. The molecule has 24 heavy (non-hydrogen) atoms. The Hall–Kier alpha value is -1.43. The lowest BCUT2D eigenvalue weighted by atomic mass is 9.97. The van der Waals surface area contributed by atoms with Crippen molar-refractivity contribution in [2.24, 2.45) is 5.92 Å². The third-order valence-corrected chi connectivity index (χ3v) is 4.96. The first kappa shape index (κ1) is 17.4. The zero-order chi connectivity index (χ0) is 16.9. The molecule has 1 amide bonds. The summed E-state index contributed by atoms with van der Waals surface area (Å²) in [6.45, 7) is 8.47. The highest BCUT2D eigenvalue weighted by Crippen LogP contribution is 2.25. The molecule has 0 aromatic heterocycles. The number of likely N-dealkylation sites (N-methyl/N-ethyl adjacent to an activating group) is 1. The molecule has 1 aromatic carbocycles. The van der Waals surface area contributed by atoms with Gasteiger partial charge in [0.2, 0.25) is 5.91 Å². The minimum absolute atomic E-state index is 0.0819.